The van der Waals surface area contributed by atoms with Gasteiger partial charge < -0.3 is 10.1 Å². The van der Waals surface area contributed by atoms with E-state index in [0.717, 1.165) is 51.5 Å². The molecule has 5 aliphatic rings. The van der Waals surface area contributed by atoms with E-state index in [4.69, 9.17) is 4.74 Å². The third kappa shape index (κ3) is 4.18. The summed E-state index contributed by atoms with van der Waals surface area (Å²) in [7, 11) is 0. The van der Waals surface area contributed by atoms with Gasteiger partial charge in [-0.05, 0) is 92.8 Å². The molecule has 0 amide bonds. The van der Waals surface area contributed by atoms with Crippen LogP contribution in [0.5, 0.6) is 0 Å². The summed E-state index contributed by atoms with van der Waals surface area (Å²) in [5, 5.41) is 3.16. The smallest absolute Gasteiger partial charge is 0.133 e. The molecule has 4 heteroatoms. The molecule has 0 spiro atoms. The van der Waals surface area contributed by atoms with Crippen molar-refractivity contribution >= 4 is 5.78 Å². The van der Waals surface area contributed by atoms with Crippen molar-refractivity contribution in [2.24, 2.45) is 46.8 Å². The number of morpholine rings is 1. The molecular weight excluding hydrogens is 365 g/mol. The van der Waals surface area contributed by atoms with E-state index in [-0.39, 0.29) is 11.3 Å². The van der Waals surface area contributed by atoms with Crippen molar-refractivity contribution in [1.82, 2.24) is 5.32 Å². The highest BCUT2D eigenvalue weighted by atomic mass is 19.1. The zero-order valence-electron chi connectivity index (χ0n) is 18.8. The number of alkyl halides is 1. The minimum Gasteiger partial charge on any atom is -0.379 e. The minimum atomic E-state index is -0.581. The van der Waals surface area contributed by atoms with Gasteiger partial charge in [0, 0.05) is 19.0 Å². The van der Waals surface area contributed by atoms with Crippen LogP contribution in [0, 0.1) is 46.8 Å². The van der Waals surface area contributed by atoms with E-state index in [9.17, 15) is 4.79 Å². The lowest BCUT2D eigenvalue weighted by Gasteiger charge is -2.56. The molecule has 29 heavy (non-hydrogen) atoms. The fourth-order valence-corrected chi connectivity index (χ4v) is 8.20. The fourth-order valence-electron chi connectivity index (χ4n) is 8.20. The van der Waals surface area contributed by atoms with Crippen LogP contribution in [0.1, 0.15) is 72.1 Å². The molecule has 1 aliphatic heterocycles. The first-order valence-corrected chi connectivity index (χ1v) is 12.3. The van der Waals surface area contributed by atoms with Gasteiger partial charge in [0.25, 0.3) is 0 Å². The number of fused-ring (bicyclic) bond motifs is 5. The van der Waals surface area contributed by atoms with Crippen molar-refractivity contribution < 1.29 is 13.9 Å². The van der Waals surface area contributed by atoms with Crippen molar-refractivity contribution in [3.8, 4) is 0 Å². The molecule has 1 saturated heterocycles. The SMILES string of the molecule is C1COCCN1.CC(=O)C1CCC2C3CC(F)C4CC(C)CCC4C3CCC12C. The van der Waals surface area contributed by atoms with Gasteiger partial charge in [-0.3, -0.25) is 4.79 Å². The van der Waals surface area contributed by atoms with Gasteiger partial charge in [-0.25, -0.2) is 4.39 Å². The lowest BCUT2D eigenvalue weighted by Crippen LogP contribution is -2.52. The number of carbonyl (C=O) groups is 1. The molecule has 3 nitrogen and oxygen atoms in total. The Balaban J connectivity index is 0.000000294. The number of rotatable bonds is 1. The number of hydrogen-bond acceptors (Lipinski definition) is 3. The number of hydrogen-bond donors (Lipinski definition) is 1. The summed E-state index contributed by atoms with van der Waals surface area (Å²) >= 11 is 0. The third-order valence-corrected chi connectivity index (χ3v) is 9.56. The van der Waals surface area contributed by atoms with Crippen molar-refractivity contribution in [1.29, 1.82) is 0 Å². The Morgan fingerprint density at radius 3 is 2.31 bits per heavy atom. The molecule has 4 aliphatic carbocycles. The van der Waals surface area contributed by atoms with Crippen LogP contribution in [0.15, 0.2) is 0 Å². The molecule has 166 valence electrons. The summed E-state index contributed by atoms with van der Waals surface area (Å²) in [4.78, 5) is 12.1. The summed E-state index contributed by atoms with van der Waals surface area (Å²) in [6, 6.07) is 0. The average molecular weight is 408 g/mol. The summed E-state index contributed by atoms with van der Waals surface area (Å²) in [5.41, 5.74) is 0.168. The first-order valence-electron chi connectivity index (χ1n) is 12.3. The van der Waals surface area contributed by atoms with Gasteiger partial charge in [-0.1, -0.05) is 20.3 Å². The average Bonchev–Trinajstić information content (AvgIpc) is 3.08. The molecular formula is C25H42FNO2. The number of nitrogens with one attached hydrogen (secondary N) is 1. The monoisotopic (exact) mass is 407 g/mol. The van der Waals surface area contributed by atoms with Gasteiger partial charge >= 0.3 is 0 Å². The van der Waals surface area contributed by atoms with Crippen LogP contribution in [0.2, 0.25) is 0 Å². The largest absolute Gasteiger partial charge is 0.379 e. The Kier molecular flexibility index (Phi) is 6.70. The second kappa shape index (κ2) is 8.94. The number of Topliss-reactive ketones (excluding diaryl/α,β-unsaturated/α-hetero) is 1. The van der Waals surface area contributed by atoms with Crippen LogP contribution < -0.4 is 5.32 Å². The summed E-state index contributed by atoms with van der Waals surface area (Å²) < 4.78 is 20.0. The van der Waals surface area contributed by atoms with Crippen LogP contribution in [-0.2, 0) is 9.53 Å². The molecule has 0 bridgehead atoms. The van der Waals surface area contributed by atoms with Gasteiger partial charge in [0.1, 0.15) is 12.0 Å². The predicted octanol–water partition coefficient (Wildman–Crippen LogP) is 5.03. The number of carbonyl (C=O) groups excluding carboxylic acids is 1. The Morgan fingerprint density at radius 2 is 1.69 bits per heavy atom. The Morgan fingerprint density at radius 1 is 0.966 bits per heavy atom. The summed E-state index contributed by atoms with van der Waals surface area (Å²) in [6.07, 6.45) is 8.58. The fraction of sp³-hybridized carbons (Fsp3) is 0.960. The standard InChI is InChI=1S/C21H33FO.C4H9NO/c1-12-4-5-14-15-8-9-21(3)18(13(2)23)6-7-19(21)16(15)11-20(22)17(14)10-12;1-3-6-4-2-5-1/h12,14-20H,4-11H2,1-3H3;5H,1-4H2. The molecule has 0 aromatic rings. The van der Waals surface area contributed by atoms with Crippen LogP contribution >= 0.6 is 0 Å². The maximum atomic E-state index is 15.0. The van der Waals surface area contributed by atoms with Crippen molar-refractivity contribution in [3.05, 3.63) is 0 Å². The molecule has 4 saturated carbocycles. The zero-order chi connectivity index (χ0) is 20.6. The molecule has 0 aromatic heterocycles. The van der Waals surface area contributed by atoms with E-state index in [1.54, 1.807) is 6.92 Å². The molecule has 1 N–H and O–H groups in total. The highest BCUT2D eigenvalue weighted by Crippen LogP contribution is 2.64. The Hall–Kier alpha value is -0.480. The molecule has 0 aromatic carbocycles. The maximum absolute atomic E-state index is 15.0. The lowest BCUT2D eigenvalue weighted by molar-refractivity contribution is -0.130. The van der Waals surface area contributed by atoms with E-state index >= 15 is 4.39 Å². The van der Waals surface area contributed by atoms with Crippen LogP contribution in [0.3, 0.4) is 0 Å². The quantitative estimate of drug-likeness (QED) is 0.662. The van der Waals surface area contributed by atoms with Gasteiger partial charge in [0.05, 0.1) is 13.2 Å². The third-order valence-electron chi connectivity index (χ3n) is 9.56. The molecule has 0 radical (unpaired) electrons. The van der Waals surface area contributed by atoms with E-state index in [0.29, 0.717) is 35.4 Å². The van der Waals surface area contributed by atoms with Crippen molar-refractivity contribution in [3.63, 3.8) is 0 Å². The number of halogens is 1. The zero-order valence-corrected chi connectivity index (χ0v) is 18.8. The van der Waals surface area contributed by atoms with E-state index in [1.807, 2.05) is 0 Å². The maximum Gasteiger partial charge on any atom is 0.133 e. The van der Waals surface area contributed by atoms with Gasteiger partial charge in [-0.15, -0.1) is 0 Å². The second-order valence-electron chi connectivity index (χ2n) is 11.1. The van der Waals surface area contributed by atoms with Crippen molar-refractivity contribution in [2.45, 2.75) is 78.3 Å². The molecule has 9 unspecified atom stereocenters. The second-order valence-corrected chi connectivity index (χ2v) is 11.1. The summed E-state index contributed by atoms with van der Waals surface area (Å²) in [6.45, 7) is 10.3. The first-order chi connectivity index (χ1) is 13.9. The number of ether oxygens (including phenoxy) is 1. The Bertz CT molecular complexity index is 568. The van der Waals surface area contributed by atoms with Crippen LogP contribution in [0.4, 0.5) is 4.39 Å². The van der Waals surface area contributed by atoms with Gasteiger partial charge in [0.2, 0.25) is 0 Å². The van der Waals surface area contributed by atoms with E-state index in [2.05, 4.69) is 19.2 Å². The van der Waals surface area contributed by atoms with Crippen LogP contribution in [-0.4, -0.2) is 38.3 Å². The van der Waals surface area contributed by atoms with E-state index in [1.165, 1.54) is 32.1 Å². The highest BCUT2D eigenvalue weighted by molar-refractivity contribution is 5.79. The minimum absolute atomic E-state index is 0.168. The van der Waals surface area contributed by atoms with E-state index < -0.39 is 6.17 Å². The van der Waals surface area contributed by atoms with Crippen LogP contribution in [0.25, 0.3) is 0 Å². The van der Waals surface area contributed by atoms with Gasteiger partial charge in [0.15, 0.2) is 0 Å². The van der Waals surface area contributed by atoms with Gasteiger partial charge in [-0.2, -0.15) is 0 Å². The van der Waals surface area contributed by atoms with Crippen molar-refractivity contribution in [2.75, 3.05) is 26.3 Å². The highest BCUT2D eigenvalue weighted by Gasteiger charge is 2.59. The summed E-state index contributed by atoms with van der Waals surface area (Å²) in [5.74, 6) is 4.24. The molecule has 5 rings (SSSR count). The Labute approximate surface area is 176 Å². The molecule has 5 fully saturated rings. The normalized spacial score (nSPS) is 49.1. The predicted molar refractivity (Wildman–Crippen MR) is 114 cm³/mol. The first kappa shape index (κ1) is 21.7. The topological polar surface area (TPSA) is 38.3 Å². The lowest BCUT2D eigenvalue weighted by atomic mass is 9.49. The molecule has 1 heterocycles. The molecule has 9 atom stereocenters. The number of ketones is 1.